The molecule has 2 rings (SSSR count). The first-order valence-electron chi connectivity index (χ1n) is 4.15. The second-order valence-electron chi connectivity index (χ2n) is 3.28. The van der Waals surface area contributed by atoms with Crippen molar-refractivity contribution < 1.29 is 4.42 Å². The van der Waals surface area contributed by atoms with Gasteiger partial charge in [0.25, 0.3) is 0 Å². The summed E-state index contributed by atoms with van der Waals surface area (Å²) in [6.07, 6.45) is 0. The van der Waals surface area contributed by atoms with Gasteiger partial charge in [-0.3, -0.25) is 0 Å². The molecule has 0 aliphatic heterocycles. The Balaban J connectivity index is 2.87. The fourth-order valence-corrected chi connectivity index (χ4v) is 1.45. The third-order valence-electron chi connectivity index (χ3n) is 2.33. The number of aryl methyl sites for hydroxylation is 3. The Morgan fingerprint density at radius 3 is 2.58 bits per heavy atom. The molecule has 1 aromatic carbocycles. The Morgan fingerprint density at radius 2 is 1.83 bits per heavy atom. The number of hydrogen-bond donors (Lipinski definition) is 0. The van der Waals surface area contributed by atoms with Crippen LogP contribution in [0.4, 0.5) is 0 Å². The van der Waals surface area contributed by atoms with E-state index in [1.165, 1.54) is 16.5 Å². The van der Waals surface area contributed by atoms with E-state index in [4.69, 9.17) is 4.42 Å². The predicted molar refractivity (Wildman–Crippen MR) is 50.4 cm³/mol. The zero-order valence-electron chi connectivity index (χ0n) is 7.64. The third-order valence-corrected chi connectivity index (χ3v) is 2.33. The highest BCUT2D eigenvalue weighted by Gasteiger charge is 2.05. The molecule has 0 radical (unpaired) electrons. The van der Waals surface area contributed by atoms with E-state index in [2.05, 4.69) is 32.0 Å². The number of benzene rings is 1. The zero-order chi connectivity index (χ0) is 8.72. The molecule has 0 atom stereocenters. The molecule has 62 valence electrons. The Labute approximate surface area is 72.0 Å². The Morgan fingerprint density at radius 1 is 1.08 bits per heavy atom. The fraction of sp³-hybridized carbons (Fsp3) is 0.273. The summed E-state index contributed by atoms with van der Waals surface area (Å²) in [6, 6.07) is 6.32. The summed E-state index contributed by atoms with van der Waals surface area (Å²) < 4.78 is 5.58. The van der Waals surface area contributed by atoms with Crippen LogP contribution in [0.15, 0.2) is 22.6 Å². The number of furan rings is 1. The van der Waals surface area contributed by atoms with Crippen molar-refractivity contribution in [3.05, 3.63) is 35.1 Å². The maximum absolute atomic E-state index is 5.58. The molecule has 0 N–H and O–H groups in total. The van der Waals surface area contributed by atoms with E-state index in [1.54, 1.807) is 0 Å². The summed E-state index contributed by atoms with van der Waals surface area (Å²) in [6.45, 7) is 6.17. The van der Waals surface area contributed by atoms with Gasteiger partial charge < -0.3 is 4.42 Å². The molecule has 0 saturated heterocycles. The molecule has 0 aliphatic carbocycles. The lowest BCUT2D eigenvalue weighted by Gasteiger charge is -1.90. The van der Waals surface area contributed by atoms with Crippen LogP contribution in [0, 0.1) is 20.8 Å². The molecule has 0 spiro atoms. The van der Waals surface area contributed by atoms with E-state index in [1.807, 2.05) is 6.92 Å². The first-order valence-corrected chi connectivity index (χ1v) is 4.15. The van der Waals surface area contributed by atoms with Gasteiger partial charge in [-0.15, -0.1) is 0 Å². The fourth-order valence-electron chi connectivity index (χ4n) is 1.45. The minimum atomic E-state index is 1.00. The molecule has 2 aromatic rings. The van der Waals surface area contributed by atoms with Crippen LogP contribution in [-0.2, 0) is 0 Å². The molecule has 12 heavy (non-hydrogen) atoms. The molecule has 1 heteroatoms. The van der Waals surface area contributed by atoms with E-state index < -0.39 is 0 Å². The minimum absolute atomic E-state index is 1.00. The van der Waals surface area contributed by atoms with Crippen molar-refractivity contribution in [2.75, 3.05) is 0 Å². The van der Waals surface area contributed by atoms with Crippen molar-refractivity contribution >= 4 is 11.0 Å². The van der Waals surface area contributed by atoms with Gasteiger partial charge in [-0.1, -0.05) is 12.1 Å². The van der Waals surface area contributed by atoms with Crippen LogP contribution in [0.1, 0.15) is 16.9 Å². The molecule has 0 saturated carbocycles. The van der Waals surface area contributed by atoms with Crippen LogP contribution in [0.3, 0.4) is 0 Å². The molecule has 0 bridgehead atoms. The SMILES string of the molecule is Cc1ccc2c(C)c(C)oc2c1. The molecule has 0 fully saturated rings. The van der Waals surface area contributed by atoms with Crippen molar-refractivity contribution in [2.24, 2.45) is 0 Å². The number of fused-ring (bicyclic) bond motifs is 1. The van der Waals surface area contributed by atoms with Gasteiger partial charge in [0, 0.05) is 5.39 Å². The average molecular weight is 160 g/mol. The highest BCUT2D eigenvalue weighted by atomic mass is 16.3. The van der Waals surface area contributed by atoms with Crippen LogP contribution in [0.2, 0.25) is 0 Å². The summed E-state index contributed by atoms with van der Waals surface area (Å²) in [5, 5.41) is 1.23. The lowest BCUT2D eigenvalue weighted by Crippen LogP contribution is -1.71. The van der Waals surface area contributed by atoms with Crippen LogP contribution in [-0.4, -0.2) is 0 Å². The Bertz CT molecular complexity index is 424. The second-order valence-corrected chi connectivity index (χ2v) is 3.28. The summed E-state index contributed by atoms with van der Waals surface area (Å²) in [4.78, 5) is 0. The van der Waals surface area contributed by atoms with Gasteiger partial charge >= 0.3 is 0 Å². The Kier molecular flexibility index (Phi) is 1.47. The van der Waals surface area contributed by atoms with Gasteiger partial charge in [-0.25, -0.2) is 0 Å². The van der Waals surface area contributed by atoms with E-state index >= 15 is 0 Å². The van der Waals surface area contributed by atoms with E-state index in [0.29, 0.717) is 0 Å². The smallest absolute Gasteiger partial charge is 0.134 e. The minimum Gasteiger partial charge on any atom is -0.461 e. The average Bonchev–Trinajstić information content (AvgIpc) is 2.28. The van der Waals surface area contributed by atoms with Gasteiger partial charge in [0.05, 0.1) is 0 Å². The van der Waals surface area contributed by atoms with Crippen molar-refractivity contribution in [3.8, 4) is 0 Å². The molecule has 0 aliphatic rings. The second kappa shape index (κ2) is 2.37. The number of rotatable bonds is 0. The monoisotopic (exact) mass is 160 g/mol. The maximum Gasteiger partial charge on any atom is 0.134 e. The zero-order valence-corrected chi connectivity index (χ0v) is 7.64. The van der Waals surface area contributed by atoms with Crippen molar-refractivity contribution in [1.29, 1.82) is 0 Å². The van der Waals surface area contributed by atoms with E-state index in [-0.39, 0.29) is 0 Å². The van der Waals surface area contributed by atoms with Crippen LogP contribution < -0.4 is 0 Å². The van der Waals surface area contributed by atoms with Crippen LogP contribution in [0.5, 0.6) is 0 Å². The quantitative estimate of drug-likeness (QED) is 0.576. The third kappa shape index (κ3) is 0.934. The first-order chi connectivity index (χ1) is 5.68. The van der Waals surface area contributed by atoms with Gasteiger partial charge in [0.2, 0.25) is 0 Å². The molecule has 0 amide bonds. The largest absolute Gasteiger partial charge is 0.461 e. The van der Waals surface area contributed by atoms with Crippen molar-refractivity contribution in [2.45, 2.75) is 20.8 Å². The van der Waals surface area contributed by atoms with Gasteiger partial charge in [-0.05, 0) is 38.0 Å². The van der Waals surface area contributed by atoms with E-state index in [0.717, 1.165) is 11.3 Å². The van der Waals surface area contributed by atoms with Gasteiger partial charge in [-0.2, -0.15) is 0 Å². The van der Waals surface area contributed by atoms with Crippen molar-refractivity contribution in [3.63, 3.8) is 0 Å². The first kappa shape index (κ1) is 7.41. The molecular formula is C11H12O. The molecule has 1 nitrogen and oxygen atoms in total. The molecular weight excluding hydrogens is 148 g/mol. The summed E-state index contributed by atoms with van der Waals surface area (Å²) >= 11 is 0. The highest BCUT2D eigenvalue weighted by Crippen LogP contribution is 2.24. The topological polar surface area (TPSA) is 13.1 Å². The molecule has 1 heterocycles. The lowest BCUT2D eigenvalue weighted by molar-refractivity contribution is 0.575. The summed E-state index contributed by atoms with van der Waals surface area (Å²) in [5.74, 6) is 1.02. The maximum atomic E-state index is 5.58. The van der Waals surface area contributed by atoms with E-state index in [9.17, 15) is 0 Å². The lowest BCUT2D eigenvalue weighted by atomic mass is 10.1. The van der Waals surface area contributed by atoms with Gasteiger partial charge in [0.15, 0.2) is 0 Å². The predicted octanol–water partition coefficient (Wildman–Crippen LogP) is 3.36. The van der Waals surface area contributed by atoms with Crippen LogP contribution >= 0.6 is 0 Å². The highest BCUT2D eigenvalue weighted by molar-refractivity contribution is 5.82. The Hall–Kier alpha value is -1.24. The number of hydrogen-bond acceptors (Lipinski definition) is 1. The summed E-state index contributed by atoms with van der Waals surface area (Å²) in [5.41, 5.74) is 3.51. The molecule has 0 unspecified atom stereocenters. The van der Waals surface area contributed by atoms with Crippen molar-refractivity contribution in [1.82, 2.24) is 0 Å². The van der Waals surface area contributed by atoms with Gasteiger partial charge in [0.1, 0.15) is 11.3 Å². The summed E-state index contributed by atoms with van der Waals surface area (Å²) in [7, 11) is 0. The normalized spacial score (nSPS) is 10.9. The molecule has 1 aromatic heterocycles. The standard InChI is InChI=1S/C11H12O/c1-7-4-5-10-8(2)9(3)12-11(10)6-7/h4-6H,1-3H3. The van der Waals surface area contributed by atoms with Crippen LogP contribution in [0.25, 0.3) is 11.0 Å².